The molecule has 2 unspecified atom stereocenters. The highest BCUT2D eigenvalue weighted by Crippen LogP contribution is 2.47. The number of Topliss-reactive ketones (excluding diaryl/α,β-unsaturated/α-hetero) is 1. The van der Waals surface area contributed by atoms with Crippen molar-refractivity contribution in [3.05, 3.63) is 46.0 Å². The van der Waals surface area contributed by atoms with Crippen LogP contribution in [0.3, 0.4) is 0 Å². The van der Waals surface area contributed by atoms with Crippen molar-refractivity contribution in [1.29, 1.82) is 0 Å². The summed E-state index contributed by atoms with van der Waals surface area (Å²) in [5.74, 6) is -2.59. The Hall–Kier alpha value is -2.77. The van der Waals surface area contributed by atoms with Gasteiger partial charge in [0.05, 0.1) is 13.0 Å². The van der Waals surface area contributed by atoms with Crippen LogP contribution in [0.1, 0.15) is 38.2 Å². The quantitative estimate of drug-likeness (QED) is 0.352. The Kier molecular flexibility index (Phi) is 4.76. The summed E-state index contributed by atoms with van der Waals surface area (Å²) in [7, 11) is 0. The predicted octanol–water partition coefficient (Wildman–Crippen LogP) is 2.10. The summed E-state index contributed by atoms with van der Waals surface area (Å²) < 4.78 is 5.09. The van der Waals surface area contributed by atoms with Crippen molar-refractivity contribution < 1.29 is 24.1 Å². The Morgan fingerprint density at radius 1 is 1.42 bits per heavy atom. The van der Waals surface area contributed by atoms with Gasteiger partial charge in [0.25, 0.3) is 6.04 Å². The number of carbonyl (C=O) groups excluding carboxylic acids is 2. The number of benzene rings is 1. The predicted molar refractivity (Wildman–Crippen MR) is 91.3 cm³/mol. The van der Waals surface area contributed by atoms with E-state index >= 15 is 0 Å². The molecule has 4 atom stereocenters. The van der Waals surface area contributed by atoms with Crippen LogP contribution in [-0.4, -0.2) is 40.6 Å². The lowest BCUT2D eigenvalue weighted by Crippen LogP contribution is -2.55. The van der Waals surface area contributed by atoms with Crippen molar-refractivity contribution in [2.24, 2.45) is 11.1 Å². The Morgan fingerprint density at radius 2 is 2.12 bits per heavy atom. The van der Waals surface area contributed by atoms with Crippen LogP contribution in [0.2, 0.25) is 0 Å². The maximum atomic E-state index is 12.9. The van der Waals surface area contributed by atoms with Crippen molar-refractivity contribution in [3.63, 3.8) is 0 Å². The minimum atomic E-state index is -1.37. The van der Waals surface area contributed by atoms with Gasteiger partial charge in [-0.25, -0.2) is 0 Å². The molecule has 2 aliphatic rings. The van der Waals surface area contributed by atoms with E-state index in [4.69, 9.17) is 9.57 Å². The Bertz CT molecular complexity index is 762. The van der Waals surface area contributed by atoms with Crippen molar-refractivity contribution in [1.82, 2.24) is 0 Å². The first-order valence-corrected chi connectivity index (χ1v) is 8.50. The van der Waals surface area contributed by atoms with Gasteiger partial charge < -0.3 is 9.57 Å². The number of rotatable bonds is 4. The highest BCUT2D eigenvalue weighted by Gasteiger charge is 2.63. The lowest BCUT2D eigenvalue weighted by atomic mass is 9.65. The first-order valence-electron chi connectivity index (χ1n) is 8.50. The Balaban J connectivity index is 2.02. The van der Waals surface area contributed by atoms with E-state index in [1.807, 2.05) is 6.07 Å². The lowest BCUT2D eigenvalue weighted by Gasteiger charge is -2.39. The highest BCUT2D eigenvalue weighted by atomic mass is 16.7. The third-order valence-corrected chi connectivity index (χ3v) is 5.03. The maximum Gasteiger partial charge on any atom is 0.317 e. The number of ether oxygens (including phenoxy) is 1. The molecule has 1 saturated carbocycles. The highest BCUT2D eigenvalue weighted by molar-refractivity contribution is 6.02. The molecule has 0 radical (unpaired) electrons. The largest absolute Gasteiger partial charge is 0.465 e. The maximum absolute atomic E-state index is 12.9. The molecule has 0 N–H and O–H groups in total. The Morgan fingerprint density at radius 3 is 2.73 bits per heavy atom. The summed E-state index contributed by atoms with van der Waals surface area (Å²) in [6, 6.07) is 7.81. The normalized spacial score (nSPS) is 30.6. The molecule has 1 aromatic carbocycles. The molecule has 0 amide bonds. The summed E-state index contributed by atoms with van der Waals surface area (Å²) in [5, 5.41) is 15.4. The summed E-state index contributed by atoms with van der Waals surface area (Å²) in [4.78, 5) is 41.9. The minimum Gasteiger partial charge on any atom is -0.465 e. The number of nitrogens with zero attached hydrogens (tertiary/aromatic N) is 2. The van der Waals surface area contributed by atoms with E-state index < -0.39 is 40.2 Å². The molecule has 138 valence electrons. The lowest BCUT2D eigenvalue weighted by molar-refractivity contribution is -0.523. The van der Waals surface area contributed by atoms with Gasteiger partial charge in [0.1, 0.15) is 11.6 Å². The molecule has 1 aromatic rings. The monoisotopic (exact) mass is 360 g/mol. The van der Waals surface area contributed by atoms with Gasteiger partial charge in [0, 0.05) is 17.3 Å². The van der Waals surface area contributed by atoms with Gasteiger partial charge in [-0.2, -0.15) is 0 Å². The van der Waals surface area contributed by atoms with Gasteiger partial charge in [0.2, 0.25) is 5.60 Å². The van der Waals surface area contributed by atoms with Crippen molar-refractivity contribution in [2.75, 3.05) is 6.61 Å². The average Bonchev–Trinajstić information content (AvgIpc) is 2.91. The number of hydrogen-bond acceptors (Lipinski definition) is 7. The molecule has 3 rings (SSSR count). The fraction of sp³-hybridized carbons (Fsp3) is 0.500. The van der Waals surface area contributed by atoms with Crippen LogP contribution >= 0.6 is 0 Å². The smallest absolute Gasteiger partial charge is 0.317 e. The first-order chi connectivity index (χ1) is 12.4. The van der Waals surface area contributed by atoms with E-state index in [0.717, 1.165) is 5.56 Å². The Labute approximate surface area is 150 Å². The zero-order chi connectivity index (χ0) is 18.9. The van der Waals surface area contributed by atoms with E-state index in [9.17, 15) is 19.7 Å². The third-order valence-electron chi connectivity index (χ3n) is 5.03. The number of carbonyl (C=O) groups is 2. The standard InChI is InChI=1S/C18H20N2O6/c1-3-25-17(22)15-13(12-7-5-4-6-8-12)9-18(10-14(15)21)16(20(23)24)11(2)19-26-18/h4-8,13,15-16H,3,9-10H2,1-2H3/t13?,15-,16?,18+/m0/s1. The van der Waals surface area contributed by atoms with Crippen LogP contribution in [0.4, 0.5) is 0 Å². The van der Waals surface area contributed by atoms with Gasteiger partial charge in [-0.15, -0.1) is 0 Å². The zero-order valence-electron chi connectivity index (χ0n) is 14.6. The van der Waals surface area contributed by atoms with Crippen LogP contribution in [0.25, 0.3) is 0 Å². The molecule has 1 heterocycles. The number of esters is 1. The van der Waals surface area contributed by atoms with Gasteiger partial charge >= 0.3 is 5.97 Å². The fourth-order valence-corrected chi connectivity index (χ4v) is 4.00. The summed E-state index contributed by atoms with van der Waals surface area (Å²) in [5.41, 5.74) is -0.397. The van der Waals surface area contributed by atoms with Crippen molar-refractivity contribution in [3.8, 4) is 0 Å². The molecule has 26 heavy (non-hydrogen) atoms. The van der Waals surface area contributed by atoms with Crippen LogP contribution in [0.5, 0.6) is 0 Å². The molecule has 1 fully saturated rings. The van der Waals surface area contributed by atoms with Gasteiger partial charge in [0.15, 0.2) is 5.78 Å². The van der Waals surface area contributed by atoms with Crippen molar-refractivity contribution >= 4 is 17.5 Å². The molecule has 1 aliphatic carbocycles. The van der Waals surface area contributed by atoms with E-state index in [1.165, 1.54) is 6.92 Å². The molecule has 8 heteroatoms. The zero-order valence-corrected chi connectivity index (χ0v) is 14.6. The molecule has 0 saturated heterocycles. The molecule has 8 nitrogen and oxygen atoms in total. The van der Waals surface area contributed by atoms with Gasteiger partial charge in [-0.1, -0.05) is 35.5 Å². The SMILES string of the molecule is CCOC(=O)[C@@H]1C(=O)C[C@@]2(CC1c1ccccc1)ON=C(C)C2[N+](=O)[O-]. The average molecular weight is 360 g/mol. The van der Waals surface area contributed by atoms with E-state index in [0.29, 0.717) is 0 Å². The summed E-state index contributed by atoms with van der Waals surface area (Å²) in [6.07, 6.45) is -0.106. The van der Waals surface area contributed by atoms with Crippen LogP contribution in [0.15, 0.2) is 35.5 Å². The molecule has 0 aromatic heterocycles. The van der Waals surface area contributed by atoms with Crippen molar-refractivity contribution in [2.45, 2.75) is 44.2 Å². The van der Waals surface area contributed by atoms with Gasteiger partial charge in [-0.05, 0) is 19.4 Å². The van der Waals surface area contributed by atoms with Gasteiger partial charge in [-0.3, -0.25) is 19.7 Å². The molecule has 1 aliphatic heterocycles. The molecular weight excluding hydrogens is 340 g/mol. The number of nitro groups is 1. The summed E-state index contributed by atoms with van der Waals surface area (Å²) >= 11 is 0. The summed E-state index contributed by atoms with van der Waals surface area (Å²) in [6.45, 7) is 3.34. The topological polar surface area (TPSA) is 108 Å². The molecule has 1 spiro atoms. The number of oxime groups is 1. The van der Waals surface area contributed by atoms with Crippen LogP contribution in [-0.2, 0) is 19.2 Å². The second-order valence-corrected chi connectivity index (χ2v) is 6.67. The molecule has 0 bridgehead atoms. The first kappa shape index (κ1) is 18.0. The van der Waals surface area contributed by atoms with E-state index in [2.05, 4.69) is 5.16 Å². The van der Waals surface area contributed by atoms with Crippen LogP contribution < -0.4 is 0 Å². The number of hydrogen-bond donors (Lipinski definition) is 0. The van der Waals surface area contributed by atoms with E-state index in [-0.39, 0.29) is 25.2 Å². The number of ketones is 1. The van der Waals surface area contributed by atoms with Crippen LogP contribution in [0, 0.1) is 16.0 Å². The second-order valence-electron chi connectivity index (χ2n) is 6.67. The molecular formula is C18H20N2O6. The van der Waals surface area contributed by atoms with E-state index in [1.54, 1.807) is 31.2 Å². The second kappa shape index (κ2) is 6.86. The minimum absolute atomic E-state index is 0.138. The third kappa shape index (κ3) is 2.95. The fourth-order valence-electron chi connectivity index (χ4n) is 4.00.